The molecule has 0 radical (unpaired) electrons. The highest BCUT2D eigenvalue weighted by atomic mass is 16.5. The van der Waals surface area contributed by atoms with Crippen LogP contribution in [0.3, 0.4) is 0 Å². The molecule has 2 unspecified atom stereocenters. The van der Waals surface area contributed by atoms with Crippen molar-refractivity contribution in [2.24, 2.45) is 5.92 Å². The molecule has 1 aliphatic carbocycles. The van der Waals surface area contributed by atoms with Gasteiger partial charge < -0.3 is 10.1 Å². The smallest absolute Gasteiger partial charge is 0.0752 e. The lowest BCUT2D eigenvalue weighted by Crippen LogP contribution is -2.42. The summed E-state index contributed by atoms with van der Waals surface area (Å²) in [5.41, 5.74) is 0. The SMILES string of the molecule is CCCCCCCC(NCCC)C(OC)C1CC1. The Morgan fingerprint density at radius 2 is 1.78 bits per heavy atom. The van der Waals surface area contributed by atoms with E-state index in [9.17, 15) is 0 Å². The first-order valence-corrected chi connectivity index (χ1v) is 8.09. The summed E-state index contributed by atoms with van der Waals surface area (Å²) in [5, 5.41) is 3.71. The number of unbranched alkanes of at least 4 members (excludes halogenated alkanes) is 4. The molecule has 0 aromatic carbocycles. The van der Waals surface area contributed by atoms with Gasteiger partial charge in [-0.2, -0.15) is 0 Å². The molecular weight excluding hydrogens is 222 g/mol. The third-order valence-electron chi connectivity index (χ3n) is 4.03. The summed E-state index contributed by atoms with van der Waals surface area (Å²) in [6.07, 6.45) is 12.6. The fourth-order valence-electron chi connectivity index (χ4n) is 2.79. The summed E-state index contributed by atoms with van der Waals surface area (Å²) in [4.78, 5) is 0. The number of rotatable bonds is 12. The van der Waals surface area contributed by atoms with E-state index in [1.54, 1.807) is 0 Å². The Morgan fingerprint density at radius 1 is 1.06 bits per heavy atom. The molecule has 18 heavy (non-hydrogen) atoms. The van der Waals surface area contributed by atoms with Crippen LogP contribution >= 0.6 is 0 Å². The van der Waals surface area contributed by atoms with Crippen molar-refractivity contribution in [2.45, 2.75) is 83.8 Å². The molecule has 0 heterocycles. The molecule has 0 aliphatic heterocycles. The Bertz CT molecular complexity index is 192. The second kappa shape index (κ2) is 9.80. The van der Waals surface area contributed by atoms with Crippen molar-refractivity contribution >= 4 is 0 Å². The van der Waals surface area contributed by atoms with Crippen molar-refractivity contribution in [2.75, 3.05) is 13.7 Å². The van der Waals surface area contributed by atoms with E-state index in [1.807, 2.05) is 7.11 Å². The number of methoxy groups -OCH3 is 1. The Balaban J connectivity index is 2.25. The van der Waals surface area contributed by atoms with Crippen LogP contribution in [-0.4, -0.2) is 25.8 Å². The van der Waals surface area contributed by atoms with Crippen molar-refractivity contribution in [3.05, 3.63) is 0 Å². The van der Waals surface area contributed by atoms with Gasteiger partial charge in [0.2, 0.25) is 0 Å². The monoisotopic (exact) mass is 255 g/mol. The average Bonchev–Trinajstić information content (AvgIpc) is 3.20. The van der Waals surface area contributed by atoms with E-state index in [4.69, 9.17) is 4.74 Å². The topological polar surface area (TPSA) is 21.3 Å². The van der Waals surface area contributed by atoms with Gasteiger partial charge in [-0.3, -0.25) is 0 Å². The summed E-state index contributed by atoms with van der Waals surface area (Å²) in [6.45, 7) is 5.65. The van der Waals surface area contributed by atoms with Crippen LogP contribution in [0.1, 0.15) is 71.6 Å². The predicted molar refractivity (Wildman–Crippen MR) is 79.0 cm³/mol. The minimum absolute atomic E-state index is 0.461. The zero-order valence-electron chi connectivity index (χ0n) is 12.7. The van der Waals surface area contributed by atoms with Gasteiger partial charge in [0, 0.05) is 13.2 Å². The van der Waals surface area contributed by atoms with E-state index in [0.29, 0.717) is 12.1 Å². The first-order valence-electron chi connectivity index (χ1n) is 8.09. The van der Waals surface area contributed by atoms with Crippen molar-refractivity contribution in [3.63, 3.8) is 0 Å². The van der Waals surface area contributed by atoms with Gasteiger partial charge in [-0.05, 0) is 38.1 Å². The van der Waals surface area contributed by atoms with E-state index in [-0.39, 0.29) is 0 Å². The van der Waals surface area contributed by atoms with Crippen LogP contribution in [0.25, 0.3) is 0 Å². The lowest BCUT2D eigenvalue weighted by Gasteiger charge is -2.27. The van der Waals surface area contributed by atoms with Crippen molar-refractivity contribution in [3.8, 4) is 0 Å². The number of nitrogens with one attached hydrogen (secondary N) is 1. The summed E-state index contributed by atoms with van der Waals surface area (Å²) >= 11 is 0. The maximum Gasteiger partial charge on any atom is 0.0752 e. The van der Waals surface area contributed by atoms with E-state index in [1.165, 1.54) is 57.8 Å². The van der Waals surface area contributed by atoms with Gasteiger partial charge in [0.25, 0.3) is 0 Å². The van der Waals surface area contributed by atoms with Crippen LogP contribution < -0.4 is 5.32 Å². The zero-order chi connectivity index (χ0) is 13.2. The molecule has 0 amide bonds. The molecule has 1 fully saturated rings. The van der Waals surface area contributed by atoms with Gasteiger partial charge in [-0.25, -0.2) is 0 Å². The molecule has 2 nitrogen and oxygen atoms in total. The highest BCUT2D eigenvalue weighted by Crippen LogP contribution is 2.36. The third-order valence-corrected chi connectivity index (χ3v) is 4.03. The summed E-state index contributed by atoms with van der Waals surface area (Å²) in [6, 6.07) is 0.587. The number of hydrogen-bond acceptors (Lipinski definition) is 2. The van der Waals surface area contributed by atoms with E-state index in [0.717, 1.165) is 12.5 Å². The first kappa shape index (κ1) is 16.0. The van der Waals surface area contributed by atoms with Crippen molar-refractivity contribution in [1.29, 1.82) is 0 Å². The second-order valence-electron chi connectivity index (χ2n) is 5.80. The Morgan fingerprint density at radius 3 is 2.33 bits per heavy atom. The van der Waals surface area contributed by atoms with Crippen molar-refractivity contribution < 1.29 is 4.74 Å². The highest BCUT2D eigenvalue weighted by molar-refractivity contribution is 4.90. The minimum Gasteiger partial charge on any atom is -0.380 e. The molecule has 1 aliphatic rings. The van der Waals surface area contributed by atoms with Crippen LogP contribution in [0.4, 0.5) is 0 Å². The predicted octanol–water partition coefficient (Wildman–Crippen LogP) is 4.14. The molecule has 0 aromatic rings. The molecule has 0 bridgehead atoms. The van der Waals surface area contributed by atoms with Crippen LogP contribution in [0.15, 0.2) is 0 Å². The summed E-state index contributed by atoms with van der Waals surface area (Å²) in [5.74, 6) is 0.833. The van der Waals surface area contributed by atoms with E-state index < -0.39 is 0 Å². The maximum atomic E-state index is 5.75. The molecule has 0 spiro atoms. The molecule has 2 atom stereocenters. The molecule has 0 saturated heterocycles. The van der Waals surface area contributed by atoms with Crippen LogP contribution in [0.2, 0.25) is 0 Å². The number of ether oxygens (including phenoxy) is 1. The number of hydrogen-bond donors (Lipinski definition) is 1. The molecule has 0 aromatic heterocycles. The van der Waals surface area contributed by atoms with Gasteiger partial charge in [0.15, 0.2) is 0 Å². The molecule has 1 rings (SSSR count). The first-order chi connectivity index (χ1) is 8.83. The van der Waals surface area contributed by atoms with E-state index in [2.05, 4.69) is 19.2 Å². The van der Waals surface area contributed by atoms with E-state index >= 15 is 0 Å². The third kappa shape index (κ3) is 6.19. The Labute approximate surface area is 114 Å². The fourth-order valence-corrected chi connectivity index (χ4v) is 2.79. The van der Waals surface area contributed by atoms with Gasteiger partial charge in [-0.1, -0.05) is 46.0 Å². The zero-order valence-corrected chi connectivity index (χ0v) is 12.7. The maximum absolute atomic E-state index is 5.75. The molecule has 108 valence electrons. The Kier molecular flexibility index (Phi) is 8.70. The van der Waals surface area contributed by atoms with Gasteiger partial charge in [-0.15, -0.1) is 0 Å². The lowest BCUT2D eigenvalue weighted by molar-refractivity contribution is 0.0475. The molecule has 1 N–H and O–H groups in total. The lowest BCUT2D eigenvalue weighted by atomic mass is 9.99. The largest absolute Gasteiger partial charge is 0.380 e. The Hall–Kier alpha value is -0.0800. The van der Waals surface area contributed by atoms with Gasteiger partial charge in [0.05, 0.1) is 6.10 Å². The van der Waals surface area contributed by atoms with Crippen LogP contribution in [0, 0.1) is 5.92 Å². The minimum atomic E-state index is 0.461. The van der Waals surface area contributed by atoms with Crippen molar-refractivity contribution in [1.82, 2.24) is 5.32 Å². The standard InChI is InChI=1S/C16H33NO/c1-4-6-7-8-9-10-15(17-13-5-2)16(18-3)14-11-12-14/h14-17H,4-13H2,1-3H3. The molecular formula is C16H33NO. The molecule has 1 saturated carbocycles. The summed E-state index contributed by atoms with van der Waals surface area (Å²) in [7, 11) is 1.89. The van der Waals surface area contributed by atoms with Crippen LogP contribution in [-0.2, 0) is 4.74 Å². The average molecular weight is 255 g/mol. The van der Waals surface area contributed by atoms with Gasteiger partial charge >= 0.3 is 0 Å². The second-order valence-corrected chi connectivity index (χ2v) is 5.80. The quantitative estimate of drug-likeness (QED) is 0.529. The normalized spacial score (nSPS) is 18.8. The molecule has 2 heteroatoms. The highest BCUT2D eigenvalue weighted by Gasteiger charge is 2.36. The van der Waals surface area contributed by atoms with Crippen LogP contribution in [0.5, 0.6) is 0 Å². The summed E-state index contributed by atoms with van der Waals surface area (Å²) < 4.78 is 5.75. The fraction of sp³-hybridized carbons (Fsp3) is 1.00. The van der Waals surface area contributed by atoms with Gasteiger partial charge in [0.1, 0.15) is 0 Å².